The first-order valence-corrected chi connectivity index (χ1v) is 28.1. The summed E-state index contributed by atoms with van der Waals surface area (Å²) in [6, 6.07) is 3.96. The number of benzene rings is 1. The third-order valence-electron chi connectivity index (χ3n) is 11.1. The first-order chi connectivity index (χ1) is 40.0. The van der Waals surface area contributed by atoms with Crippen LogP contribution in [-0.2, 0) is 90.6 Å². The second-order valence-corrected chi connectivity index (χ2v) is 19.2. The summed E-state index contributed by atoms with van der Waals surface area (Å²) in [5.41, 5.74) is 0.705. The highest BCUT2D eigenvalue weighted by molar-refractivity contribution is 5.93. The van der Waals surface area contributed by atoms with Gasteiger partial charge in [-0.25, -0.2) is 9.59 Å². The van der Waals surface area contributed by atoms with E-state index < -0.39 is 41.7 Å². The van der Waals surface area contributed by atoms with Crippen molar-refractivity contribution in [2.45, 2.75) is 189 Å². The van der Waals surface area contributed by atoms with Crippen molar-refractivity contribution in [1.29, 1.82) is 0 Å². The van der Waals surface area contributed by atoms with Crippen molar-refractivity contribution in [2.24, 2.45) is 0 Å². The van der Waals surface area contributed by atoms with Crippen molar-refractivity contribution >= 4 is 76.3 Å². The highest BCUT2D eigenvalue weighted by Gasteiger charge is 2.24. The number of ketones is 7. The summed E-state index contributed by atoms with van der Waals surface area (Å²) < 4.78 is 38.9. The molecule has 4 unspecified atom stereocenters. The lowest BCUT2D eigenvalue weighted by Gasteiger charge is -2.16. The molecule has 0 saturated carbocycles. The van der Waals surface area contributed by atoms with Crippen LogP contribution in [0.15, 0.2) is 24.3 Å². The van der Waals surface area contributed by atoms with E-state index in [1.54, 1.807) is 42.1 Å². The van der Waals surface area contributed by atoms with Crippen LogP contribution in [0.25, 0.3) is 0 Å². The van der Waals surface area contributed by atoms with Gasteiger partial charge in [0.2, 0.25) is 0 Å². The van der Waals surface area contributed by atoms with Gasteiger partial charge in [-0.15, -0.1) is 0 Å². The van der Waals surface area contributed by atoms with Gasteiger partial charge >= 0.3 is 35.8 Å². The van der Waals surface area contributed by atoms with Gasteiger partial charge in [0.1, 0.15) is 41.1 Å². The quantitative estimate of drug-likeness (QED) is 0.0310. The highest BCUT2D eigenvalue weighted by Crippen LogP contribution is 2.09. The van der Waals surface area contributed by atoms with E-state index in [1.807, 2.05) is 6.92 Å². The number of hydrogen-bond acceptors (Lipinski definition) is 23. The molecule has 1 aromatic rings. The molecule has 1 rings (SSSR count). The van der Waals surface area contributed by atoms with Crippen LogP contribution in [0, 0.1) is 0 Å². The molecule has 0 aliphatic heterocycles. The summed E-state index contributed by atoms with van der Waals surface area (Å²) in [5, 5.41) is 22.4. The number of Topliss-reactive ketones (excluding diaryl/α,β-unsaturated/α-hetero) is 7. The lowest BCUT2D eigenvalue weighted by atomic mass is 10.1. The van der Waals surface area contributed by atoms with Gasteiger partial charge in [0.15, 0.2) is 11.6 Å². The fraction of sp³-hybridized carbons (Fsp3) is 0.683. The highest BCUT2D eigenvalue weighted by atomic mass is 16.5. The van der Waals surface area contributed by atoms with E-state index in [1.165, 1.54) is 73.2 Å². The molecule has 0 amide bonds. The molecule has 1 aromatic carbocycles. The number of methoxy groups -OCH3 is 5. The van der Waals surface area contributed by atoms with Crippen LogP contribution < -0.4 is 10.6 Å². The molecular formula is C60H100N2O23. The average Bonchev–Trinajstić information content (AvgIpc) is 3.67. The van der Waals surface area contributed by atoms with Crippen LogP contribution in [0.3, 0.4) is 0 Å². The molecule has 0 bridgehead atoms. The molecule has 0 radical (unpaired) electrons. The van der Waals surface area contributed by atoms with Crippen molar-refractivity contribution in [2.75, 3.05) is 82.2 Å². The predicted molar refractivity (Wildman–Crippen MR) is 314 cm³/mol. The molecule has 0 saturated heterocycles. The fourth-order valence-electron chi connectivity index (χ4n) is 5.98. The average molecular weight is 1220 g/mol. The lowest BCUT2D eigenvalue weighted by Crippen LogP contribution is -2.46. The Hall–Kier alpha value is -6.51. The Morgan fingerprint density at radius 1 is 0.459 bits per heavy atom. The smallest absolute Gasteiger partial charge is 0.338 e. The molecule has 0 heterocycles. The van der Waals surface area contributed by atoms with Gasteiger partial charge in [-0.05, 0) is 138 Å². The van der Waals surface area contributed by atoms with Crippen LogP contribution in [0.2, 0.25) is 0 Å². The van der Waals surface area contributed by atoms with Crippen LogP contribution in [0.5, 0.6) is 0 Å². The molecular weight excluding hydrogens is 1120 g/mol. The first-order valence-electron chi connectivity index (χ1n) is 28.1. The SMILES string of the molecule is CNC(CC(=O)O)C(=O)CNC(CC(C)=O)C(=O)O.COC(=O)c1ccc(C(=O)OCCCCOC(=O)CCCCC(C)=O)cc1.COC(C)C(C)=O.COC(C)CC(C)=O.COCCCCCC(C)=O.COCCCCOC(=O)CCC(C)=O. The summed E-state index contributed by atoms with van der Waals surface area (Å²) in [7, 11) is 9.19. The van der Waals surface area contributed by atoms with Crippen molar-refractivity contribution in [3.8, 4) is 0 Å². The number of likely N-dealkylation sites (N-methyl/N-ethyl adjacent to an activating group) is 1. The van der Waals surface area contributed by atoms with Gasteiger partial charge in [0, 0.05) is 80.2 Å². The minimum Gasteiger partial charge on any atom is -0.481 e. The zero-order valence-corrected chi connectivity index (χ0v) is 52.8. The summed E-state index contributed by atoms with van der Waals surface area (Å²) in [6.45, 7) is 14.6. The zero-order valence-electron chi connectivity index (χ0n) is 52.8. The van der Waals surface area contributed by atoms with E-state index >= 15 is 0 Å². The summed E-state index contributed by atoms with van der Waals surface area (Å²) in [6.07, 6.45) is 9.13. The van der Waals surface area contributed by atoms with Crippen LogP contribution >= 0.6 is 0 Å². The third kappa shape index (κ3) is 63.4. The van der Waals surface area contributed by atoms with Crippen molar-refractivity contribution in [3.05, 3.63) is 35.4 Å². The maximum absolute atomic E-state index is 11.9. The van der Waals surface area contributed by atoms with E-state index in [-0.39, 0.29) is 104 Å². The zero-order chi connectivity index (χ0) is 66.1. The second kappa shape index (κ2) is 59.2. The maximum atomic E-state index is 11.9. The van der Waals surface area contributed by atoms with Gasteiger partial charge in [0.05, 0.1) is 69.6 Å². The topological polar surface area (TPSA) is 360 Å². The van der Waals surface area contributed by atoms with Crippen molar-refractivity contribution in [3.63, 3.8) is 0 Å². The van der Waals surface area contributed by atoms with Crippen LogP contribution in [-0.4, -0.2) is 193 Å². The number of aliphatic carboxylic acids is 2. The van der Waals surface area contributed by atoms with Crippen molar-refractivity contribution in [1.82, 2.24) is 10.6 Å². The van der Waals surface area contributed by atoms with E-state index in [0.717, 1.165) is 45.1 Å². The molecule has 25 nitrogen and oxygen atoms in total. The number of carboxylic acids is 2. The number of hydrogen-bond donors (Lipinski definition) is 4. The summed E-state index contributed by atoms with van der Waals surface area (Å²) in [4.78, 5) is 142. The molecule has 85 heavy (non-hydrogen) atoms. The molecule has 0 aliphatic rings. The van der Waals surface area contributed by atoms with Gasteiger partial charge in [-0.1, -0.05) is 6.42 Å². The molecule has 0 aliphatic carbocycles. The Morgan fingerprint density at radius 3 is 1.25 bits per heavy atom. The normalized spacial score (nSPS) is 11.4. The van der Waals surface area contributed by atoms with Gasteiger partial charge in [-0.2, -0.15) is 0 Å². The number of carboxylic acid groups (broad SMARTS) is 2. The lowest BCUT2D eigenvalue weighted by molar-refractivity contribution is -0.145. The number of rotatable bonds is 41. The molecule has 0 spiro atoms. The third-order valence-corrected chi connectivity index (χ3v) is 11.1. The van der Waals surface area contributed by atoms with E-state index in [0.29, 0.717) is 69.3 Å². The Balaban J connectivity index is -0.000000322. The van der Waals surface area contributed by atoms with E-state index in [9.17, 15) is 62.3 Å². The number of ether oxygens (including phenoxy) is 8. The van der Waals surface area contributed by atoms with Crippen LogP contribution in [0.1, 0.15) is 185 Å². The fourth-order valence-corrected chi connectivity index (χ4v) is 5.98. The Bertz CT molecular complexity index is 2080. The van der Waals surface area contributed by atoms with E-state index in [4.69, 9.17) is 38.6 Å². The van der Waals surface area contributed by atoms with Gasteiger partial charge in [-0.3, -0.25) is 43.7 Å². The minimum atomic E-state index is -1.23. The summed E-state index contributed by atoms with van der Waals surface area (Å²) in [5.74, 6) is -4.00. The largest absolute Gasteiger partial charge is 0.481 e. The summed E-state index contributed by atoms with van der Waals surface area (Å²) >= 11 is 0. The predicted octanol–water partition coefficient (Wildman–Crippen LogP) is 6.46. The minimum absolute atomic E-state index is 0.0151. The van der Waals surface area contributed by atoms with E-state index in [2.05, 4.69) is 20.1 Å². The van der Waals surface area contributed by atoms with Gasteiger partial charge < -0.3 is 67.8 Å². The molecule has 0 aromatic heterocycles. The van der Waals surface area contributed by atoms with Gasteiger partial charge in [0.25, 0.3) is 0 Å². The van der Waals surface area contributed by atoms with Crippen LogP contribution in [0.4, 0.5) is 0 Å². The number of nitrogens with one attached hydrogen (secondary N) is 2. The Morgan fingerprint density at radius 2 is 0.882 bits per heavy atom. The standard InChI is InChI=1S/C20H26O7.C11H18N2O6.C10H18O4.C8H16O2.C6H12O2.C5H10O2/c1-15(21)7-3-4-8-18(22)26-13-5-6-14-27-20(24)17-11-9-16(10-12-17)19(23)25-2;1-6(14)3-8(11(18)19)13-5-9(15)7(12-2)4-10(16)17;1-9(11)5-6-10(12)14-8-4-3-7-13-2;1-8(9)6-4-3-5-7-10-2;1-5(7)4-6(2)8-3;1-4(6)5(2)7-3/h9-12H,3-8,13-14H2,1-2H3;7-8,12-13H,3-5H2,1-2H3,(H,16,17)(H,18,19);3-8H2,1-2H3;3-7H2,1-2H3;6H,4H2,1-3H3;5H,1-3H3. The molecule has 0 fully saturated rings. The molecule has 4 N–H and O–H groups in total. The van der Waals surface area contributed by atoms with Crippen molar-refractivity contribution < 1.29 is 110 Å². The molecule has 488 valence electrons. The number of carbonyl (C=O) groups is 13. The molecule has 4 atom stereocenters. The monoisotopic (exact) mass is 1220 g/mol. The number of carbonyl (C=O) groups excluding carboxylic acids is 11. The second-order valence-electron chi connectivity index (χ2n) is 19.2. The number of unbranched alkanes of at least 4 members (excludes halogenated alkanes) is 5. The first kappa shape index (κ1) is 87.3. The molecule has 25 heteroatoms. The maximum Gasteiger partial charge on any atom is 0.338 e. The Kier molecular flexibility index (Phi) is 60.8. The Labute approximate surface area is 502 Å². The number of esters is 4.